The van der Waals surface area contributed by atoms with Gasteiger partial charge in [0.15, 0.2) is 11.0 Å². The van der Waals surface area contributed by atoms with Crippen molar-refractivity contribution >= 4 is 34.4 Å². The number of hydrogen-bond donors (Lipinski definition) is 0. The van der Waals surface area contributed by atoms with E-state index in [1.165, 1.54) is 0 Å². The van der Waals surface area contributed by atoms with E-state index in [9.17, 15) is 0 Å². The molecule has 8 heteroatoms. The first kappa shape index (κ1) is 16.6. The topological polar surface area (TPSA) is 56.7 Å². The third-order valence-electron chi connectivity index (χ3n) is 3.74. The van der Waals surface area contributed by atoms with Crippen molar-refractivity contribution in [3.05, 3.63) is 46.5 Å². The van der Waals surface area contributed by atoms with Crippen molar-refractivity contribution < 1.29 is 4.42 Å². The van der Waals surface area contributed by atoms with Crippen LogP contribution < -0.4 is 0 Å². The summed E-state index contributed by atoms with van der Waals surface area (Å²) in [6.45, 7) is 4.91. The van der Waals surface area contributed by atoms with Crippen LogP contribution in [0, 0.1) is 6.92 Å². The second-order valence-corrected chi connectivity index (χ2v) is 8.15. The smallest absolute Gasteiger partial charge is 0.236 e. The average Bonchev–Trinajstić information content (AvgIpc) is 3.38. The Morgan fingerprint density at radius 1 is 1.12 bits per heavy atom. The minimum atomic E-state index is 0.694. The van der Waals surface area contributed by atoms with Crippen molar-refractivity contribution in [2.45, 2.75) is 31.3 Å². The molecule has 0 unspecified atom stereocenters. The summed E-state index contributed by atoms with van der Waals surface area (Å²) < 4.78 is 7.96. The standard InChI is InChI=1S/C17H16N4OS3/c1-3-21-15(13-6-4-8-23-13)19-20-17(21)25-10-12-11(2)22-16(18-12)14-7-5-9-24-14/h4-9H,3,10H2,1-2H3. The minimum absolute atomic E-state index is 0.694. The number of hydrogen-bond acceptors (Lipinski definition) is 7. The Kier molecular flexibility index (Phi) is 4.74. The molecule has 0 aliphatic heterocycles. The highest BCUT2D eigenvalue weighted by Crippen LogP contribution is 2.31. The summed E-state index contributed by atoms with van der Waals surface area (Å²) in [6.07, 6.45) is 0. The lowest BCUT2D eigenvalue weighted by Gasteiger charge is -2.05. The average molecular weight is 389 g/mol. The Balaban J connectivity index is 1.54. The van der Waals surface area contributed by atoms with Crippen molar-refractivity contribution in [1.82, 2.24) is 19.7 Å². The second kappa shape index (κ2) is 7.15. The summed E-state index contributed by atoms with van der Waals surface area (Å²) in [4.78, 5) is 6.84. The van der Waals surface area contributed by atoms with Crippen LogP contribution in [-0.2, 0) is 12.3 Å². The molecule has 0 spiro atoms. The maximum atomic E-state index is 5.81. The van der Waals surface area contributed by atoms with Crippen LogP contribution in [0.1, 0.15) is 18.4 Å². The molecule has 4 rings (SSSR count). The van der Waals surface area contributed by atoms with Crippen LogP contribution in [0.4, 0.5) is 0 Å². The third kappa shape index (κ3) is 3.29. The normalized spacial score (nSPS) is 11.3. The molecule has 0 aromatic carbocycles. The first-order chi connectivity index (χ1) is 12.3. The van der Waals surface area contributed by atoms with Gasteiger partial charge >= 0.3 is 0 Å². The second-order valence-electron chi connectivity index (χ2n) is 5.32. The number of aromatic nitrogens is 4. The molecule has 0 aliphatic carbocycles. The van der Waals surface area contributed by atoms with Crippen LogP contribution in [0.25, 0.3) is 21.5 Å². The number of nitrogens with zero attached hydrogens (tertiary/aromatic N) is 4. The lowest BCUT2D eigenvalue weighted by Crippen LogP contribution is -1.99. The molecule has 0 saturated carbocycles. The SMILES string of the molecule is CCn1c(SCc2nc(-c3cccs3)oc2C)nnc1-c1cccs1. The summed E-state index contributed by atoms with van der Waals surface area (Å²) in [5, 5.41) is 13.7. The van der Waals surface area contributed by atoms with E-state index in [1.807, 2.05) is 30.5 Å². The van der Waals surface area contributed by atoms with Crippen molar-refractivity contribution in [2.75, 3.05) is 0 Å². The van der Waals surface area contributed by atoms with E-state index in [-0.39, 0.29) is 0 Å². The van der Waals surface area contributed by atoms with Gasteiger partial charge in [-0.2, -0.15) is 0 Å². The molecule has 0 aliphatic rings. The summed E-state index contributed by atoms with van der Waals surface area (Å²) in [5.41, 5.74) is 0.955. The molecule has 4 aromatic heterocycles. The summed E-state index contributed by atoms with van der Waals surface area (Å²) in [6, 6.07) is 8.13. The Hall–Kier alpha value is -1.90. The maximum absolute atomic E-state index is 5.81. The Morgan fingerprint density at radius 2 is 1.88 bits per heavy atom. The highest BCUT2D eigenvalue weighted by Gasteiger charge is 2.17. The van der Waals surface area contributed by atoms with E-state index in [0.29, 0.717) is 11.6 Å². The fraction of sp³-hybridized carbons (Fsp3) is 0.235. The van der Waals surface area contributed by atoms with Gasteiger partial charge < -0.3 is 8.98 Å². The predicted octanol–water partition coefficient (Wildman–Crippen LogP) is 5.34. The third-order valence-corrected chi connectivity index (χ3v) is 6.44. The largest absolute Gasteiger partial charge is 0.440 e. The van der Waals surface area contributed by atoms with Crippen LogP contribution in [0.5, 0.6) is 0 Å². The van der Waals surface area contributed by atoms with Crippen LogP contribution in [0.3, 0.4) is 0 Å². The molecule has 0 bridgehead atoms. The monoisotopic (exact) mass is 388 g/mol. The summed E-state index contributed by atoms with van der Waals surface area (Å²) in [7, 11) is 0. The predicted molar refractivity (Wildman–Crippen MR) is 103 cm³/mol. The lowest BCUT2D eigenvalue weighted by molar-refractivity contribution is 0.542. The van der Waals surface area contributed by atoms with Gasteiger partial charge in [0.05, 0.1) is 15.4 Å². The van der Waals surface area contributed by atoms with Gasteiger partial charge in [-0.05, 0) is 36.7 Å². The van der Waals surface area contributed by atoms with Gasteiger partial charge in [0.2, 0.25) is 5.89 Å². The van der Waals surface area contributed by atoms with E-state index < -0.39 is 0 Å². The molecule has 0 N–H and O–H groups in total. The highest BCUT2D eigenvalue weighted by atomic mass is 32.2. The first-order valence-corrected chi connectivity index (χ1v) is 10.6. The van der Waals surface area contributed by atoms with Crippen LogP contribution in [0.2, 0.25) is 0 Å². The number of thiophene rings is 2. The quantitative estimate of drug-likeness (QED) is 0.417. The van der Waals surface area contributed by atoms with Crippen LogP contribution in [0.15, 0.2) is 44.6 Å². The van der Waals surface area contributed by atoms with Gasteiger partial charge in [-0.1, -0.05) is 23.9 Å². The number of aryl methyl sites for hydroxylation is 1. The number of oxazole rings is 1. The van der Waals surface area contributed by atoms with Gasteiger partial charge in [-0.25, -0.2) is 4.98 Å². The Morgan fingerprint density at radius 3 is 2.56 bits per heavy atom. The zero-order valence-corrected chi connectivity index (χ0v) is 16.2. The van der Waals surface area contributed by atoms with Gasteiger partial charge in [0.25, 0.3) is 0 Å². The summed E-state index contributed by atoms with van der Waals surface area (Å²) in [5.74, 6) is 3.19. The number of thioether (sulfide) groups is 1. The minimum Gasteiger partial charge on any atom is -0.440 e. The number of rotatable bonds is 6. The van der Waals surface area contributed by atoms with E-state index >= 15 is 0 Å². The molecular weight excluding hydrogens is 372 g/mol. The van der Waals surface area contributed by atoms with Crippen molar-refractivity contribution in [2.24, 2.45) is 0 Å². The molecule has 5 nitrogen and oxygen atoms in total. The zero-order chi connectivity index (χ0) is 17.2. The Labute approximate surface area is 157 Å². The van der Waals surface area contributed by atoms with Crippen LogP contribution >= 0.6 is 34.4 Å². The van der Waals surface area contributed by atoms with E-state index in [2.05, 4.69) is 38.1 Å². The van der Waals surface area contributed by atoms with Crippen molar-refractivity contribution in [1.29, 1.82) is 0 Å². The zero-order valence-electron chi connectivity index (χ0n) is 13.8. The molecule has 0 amide bonds. The highest BCUT2D eigenvalue weighted by molar-refractivity contribution is 7.98. The molecule has 0 radical (unpaired) electrons. The van der Waals surface area contributed by atoms with Gasteiger partial charge in [-0.15, -0.1) is 32.9 Å². The summed E-state index contributed by atoms with van der Waals surface area (Å²) >= 11 is 4.95. The molecule has 0 saturated heterocycles. The lowest BCUT2D eigenvalue weighted by atomic mass is 10.4. The van der Waals surface area contributed by atoms with Crippen molar-refractivity contribution in [3.63, 3.8) is 0 Å². The van der Waals surface area contributed by atoms with Gasteiger partial charge in [-0.3, -0.25) is 0 Å². The Bertz CT molecular complexity index is 955. The van der Waals surface area contributed by atoms with E-state index in [1.54, 1.807) is 34.4 Å². The molecule has 128 valence electrons. The van der Waals surface area contributed by atoms with Gasteiger partial charge in [0.1, 0.15) is 5.76 Å². The molecule has 25 heavy (non-hydrogen) atoms. The molecule has 0 fully saturated rings. The van der Waals surface area contributed by atoms with E-state index in [4.69, 9.17) is 4.42 Å². The molecular formula is C17H16N4OS3. The van der Waals surface area contributed by atoms with E-state index in [0.717, 1.165) is 38.7 Å². The van der Waals surface area contributed by atoms with Gasteiger partial charge in [0, 0.05) is 12.3 Å². The fourth-order valence-corrected chi connectivity index (χ4v) is 4.84. The molecule has 4 aromatic rings. The van der Waals surface area contributed by atoms with Crippen molar-refractivity contribution in [3.8, 4) is 21.5 Å². The molecule has 0 atom stereocenters. The first-order valence-electron chi connectivity index (χ1n) is 7.86. The molecule has 4 heterocycles. The maximum Gasteiger partial charge on any atom is 0.236 e. The van der Waals surface area contributed by atoms with Crippen LogP contribution in [-0.4, -0.2) is 19.7 Å². The fourth-order valence-electron chi connectivity index (χ4n) is 2.47.